The van der Waals surface area contributed by atoms with Crippen LogP contribution in [0, 0.1) is 13.8 Å². The number of carboxylic acid groups (broad SMARTS) is 2. The molecule has 7 nitrogen and oxygen atoms in total. The van der Waals surface area contributed by atoms with Gasteiger partial charge >= 0.3 is 11.9 Å². The number of carboxylic acids is 2. The number of phenolic OH excluding ortho intramolecular Hbond substituents is 1. The van der Waals surface area contributed by atoms with Gasteiger partial charge in [-0.2, -0.15) is 0 Å². The number of aromatic nitrogens is 2. The van der Waals surface area contributed by atoms with Crippen LogP contribution in [0.3, 0.4) is 0 Å². The molecule has 6 rings (SSSR count). The number of hydrogen-bond donors (Lipinski definition) is 3. The van der Waals surface area contributed by atoms with Crippen molar-refractivity contribution >= 4 is 44.5 Å². The van der Waals surface area contributed by atoms with Crippen LogP contribution in [-0.2, 0) is 0 Å². The van der Waals surface area contributed by atoms with Crippen LogP contribution in [0.5, 0.6) is 5.75 Å². The van der Waals surface area contributed by atoms with Gasteiger partial charge in [-0.25, -0.2) is 9.59 Å². The van der Waals surface area contributed by atoms with Crippen molar-refractivity contribution < 1.29 is 24.9 Å². The Morgan fingerprint density at radius 2 is 0.974 bits per heavy atom. The highest BCUT2D eigenvalue weighted by molar-refractivity contribution is 6.02. The van der Waals surface area contributed by atoms with Crippen LogP contribution in [0.1, 0.15) is 32.1 Å². The SMILES string of the molecule is Cc1ccc2cccc(C(=O)O)c2n1.Cc1ccc2cccc(C(=O)O)c2n1.Oc1cccc2ccccc12. The van der Waals surface area contributed by atoms with Crippen molar-refractivity contribution in [1.29, 1.82) is 0 Å². The van der Waals surface area contributed by atoms with E-state index in [0.29, 0.717) is 16.8 Å². The molecule has 0 saturated carbocycles. The molecule has 3 N–H and O–H groups in total. The molecule has 0 aliphatic heterocycles. The predicted octanol–water partition coefficient (Wildman–Crippen LogP) is 7.03. The molecule has 194 valence electrons. The maximum Gasteiger partial charge on any atom is 0.337 e. The number of aryl methyl sites for hydroxylation is 2. The van der Waals surface area contributed by atoms with Crippen molar-refractivity contribution in [3.63, 3.8) is 0 Å². The lowest BCUT2D eigenvalue weighted by molar-refractivity contribution is 0.0688. The van der Waals surface area contributed by atoms with E-state index < -0.39 is 11.9 Å². The minimum absolute atomic E-state index is 0.256. The second kappa shape index (κ2) is 11.8. The van der Waals surface area contributed by atoms with Crippen LogP contribution in [0.4, 0.5) is 0 Å². The third-order valence-electron chi connectivity index (χ3n) is 5.95. The lowest BCUT2D eigenvalue weighted by atomic mass is 10.1. The molecule has 0 fully saturated rings. The first-order valence-electron chi connectivity index (χ1n) is 12.1. The van der Waals surface area contributed by atoms with Gasteiger partial charge in [0.25, 0.3) is 0 Å². The van der Waals surface area contributed by atoms with Gasteiger partial charge in [0.1, 0.15) is 5.75 Å². The fourth-order valence-electron chi connectivity index (χ4n) is 4.04. The second-order valence-electron chi connectivity index (χ2n) is 8.77. The Bertz CT molecular complexity index is 1710. The molecule has 7 heteroatoms. The average molecular weight is 519 g/mol. The number of rotatable bonds is 2. The summed E-state index contributed by atoms with van der Waals surface area (Å²) in [7, 11) is 0. The van der Waals surface area contributed by atoms with E-state index in [9.17, 15) is 14.7 Å². The highest BCUT2D eigenvalue weighted by Gasteiger charge is 2.09. The van der Waals surface area contributed by atoms with Gasteiger partial charge in [0.05, 0.1) is 22.2 Å². The maximum atomic E-state index is 10.9. The number of benzene rings is 4. The monoisotopic (exact) mass is 518 g/mol. The van der Waals surface area contributed by atoms with Crippen molar-refractivity contribution in [2.45, 2.75) is 13.8 Å². The Kier molecular flexibility index (Phi) is 8.12. The van der Waals surface area contributed by atoms with Crippen LogP contribution in [0.15, 0.2) is 103 Å². The van der Waals surface area contributed by atoms with E-state index in [1.54, 1.807) is 30.3 Å². The molecule has 0 saturated heterocycles. The predicted molar refractivity (Wildman–Crippen MR) is 152 cm³/mol. The molecular weight excluding hydrogens is 492 g/mol. The van der Waals surface area contributed by atoms with Gasteiger partial charge < -0.3 is 15.3 Å². The van der Waals surface area contributed by atoms with Crippen molar-refractivity contribution in [2.24, 2.45) is 0 Å². The Morgan fingerprint density at radius 3 is 1.46 bits per heavy atom. The van der Waals surface area contributed by atoms with Gasteiger partial charge in [-0.15, -0.1) is 0 Å². The first-order valence-corrected chi connectivity index (χ1v) is 12.1. The fourth-order valence-corrected chi connectivity index (χ4v) is 4.04. The van der Waals surface area contributed by atoms with E-state index in [1.807, 2.05) is 86.6 Å². The lowest BCUT2D eigenvalue weighted by Crippen LogP contribution is -1.99. The molecule has 2 aromatic heterocycles. The number of pyridine rings is 2. The number of fused-ring (bicyclic) bond motifs is 3. The van der Waals surface area contributed by atoms with Gasteiger partial charge in [0, 0.05) is 27.5 Å². The largest absolute Gasteiger partial charge is 0.507 e. The number of hydrogen-bond acceptors (Lipinski definition) is 5. The number of phenols is 1. The van der Waals surface area contributed by atoms with Gasteiger partial charge in [-0.05, 0) is 49.6 Å². The molecule has 0 atom stereocenters. The Labute approximate surface area is 224 Å². The zero-order chi connectivity index (χ0) is 27.9. The summed E-state index contributed by atoms with van der Waals surface area (Å²) in [4.78, 5) is 30.2. The third-order valence-corrected chi connectivity index (χ3v) is 5.95. The zero-order valence-electron chi connectivity index (χ0n) is 21.4. The van der Waals surface area contributed by atoms with Crippen LogP contribution in [0.2, 0.25) is 0 Å². The summed E-state index contributed by atoms with van der Waals surface area (Å²) in [6, 6.07) is 31.1. The fraction of sp³-hybridized carbons (Fsp3) is 0.0625. The normalized spacial score (nSPS) is 10.3. The topological polar surface area (TPSA) is 121 Å². The number of para-hydroxylation sites is 2. The van der Waals surface area contributed by atoms with Crippen LogP contribution >= 0.6 is 0 Å². The summed E-state index contributed by atoms with van der Waals surface area (Å²) in [5.74, 6) is -1.52. The quantitative estimate of drug-likeness (QED) is 0.225. The first kappa shape index (κ1) is 26.8. The van der Waals surface area contributed by atoms with Crippen LogP contribution in [-0.4, -0.2) is 37.2 Å². The third kappa shape index (κ3) is 6.34. The summed E-state index contributed by atoms with van der Waals surface area (Å²) >= 11 is 0. The summed E-state index contributed by atoms with van der Waals surface area (Å²) in [5, 5.41) is 30.9. The summed E-state index contributed by atoms with van der Waals surface area (Å²) in [6.45, 7) is 3.69. The van der Waals surface area contributed by atoms with Gasteiger partial charge in [-0.1, -0.05) is 72.8 Å². The first-order chi connectivity index (χ1) is 18.7. The molecule has 0 spiro atoms. The summed E-state index contributed by atoms with van der Waals surface area (Å²) < 4.78 is 0. The van der Waals surface area contributed by atoms with E-state index in [4.69, 9.17) is 10.2 Å². The van der Waals surface area contributed by atoms with Crippen LogP contribution < -0.4 is 0 Å². The molecule has 0 bridgehead atoms. The lowest BCUT2D eigenvalue weighted by Gasteiger charge is -2.01. The van der Waals surface area contributed by atoms with Gasteiger partial charge in [0.15, 0.2) is 0 Å². The smallest absolute Gasteiger partial charge is 0.337 e. The molecule has 2 heterocycles. The van der Waals surface area contributed by atoms with Crippen molar-refractivity contribution in [3.05, 3.63) is 126 Å². The van der Waals surface area contributed by atoms with Crippen LogP contribution in [0.25, 0.3) is 32.6 Å². The number of carbonyl (C=O) groups is 2. The molecule has 39 heavy (non-hydrogen) atoms. The highest BCUT2D eigenvalue weighted by atomic mass is 16.4. The van der Waals surface area contributed by atoms with Gasteiger partial charge in [-0.3, -0.25) is 9.97 Å². The molecular formula is C32H26N2O5. The molecule has 0 amide bonds. The molecule has 0 aliphatic rings. The molecule has 0 aliphatic carbocycles. The number of aromatic carboxylic acids is 2. The average Bonchev–Trinajstić information content (AvgIpc) is 2.93. The minimum atomic E-state index is -0.936. The minimum Gasteiger partial charge on any atom is -0.507 e. The molecule has 6 aromatic rings. The molecule has 0 radical (unpaired) electrons. The van der Waals surface area contributed by atoms with E-state index >= 15 is 0 Å². The summed E-state index contributed by atoms with van der Waals surface area (Å²) in [5.41, 5.74) is 3.27. The molecule has 0 unspecified atom stereocenters. The highest BCUT2D eigenvalue weighted by Crippen LogP contribution is 2.23. The van der Waals surface area contributed by atoms with E-state index in [2.05, 4.69) is 9.97 Å². The van der Waals surface area contributed by atoms with Crippen molar-refractivity contribution in [3.8, 4) is 5.75 Å². The van der Waals surface area contributed by atoms with Gasteiger partial charge in [0.2, 0.25) is 0 Å². The van der Waals surface area contributed by atoms with E-state index in [0.717, 1.165) is 32.9 Å². The Hall–Kier alpha value is -5.30. The Morgan fingerprint density at radius 1 is 0.538 bits per heavy atom. The second-order valence-corrected chi connectivity index (χ2v) is 8.77. The van der Waals surface area contributed by atoms with Crippen molar-refractivity contribution in [1.82, 2.24) is 9.97 Å². The van der Waals surface area contributed by atoms with Crippen molar-refractivity contribution in [2.75, 3.05) is 0 Å². The number of aromatic hydroxyl groups is 1. The number of nitrogens with zero attached hydrogens (tertiary/aromatic N) is 2. The zero-order valence-corrected chi connectivity index (χ0v) is 21.4. The summed E-state index contributed by atoms with van der Waals surface area (Å²) in [6.07, 6.45) is 0. The van der Waals surface area contributed by atoms with E-state index in [1.165, 1.54) is 0 Å². The Balaban J connectivity index is 0.000000137. The maximum absolute atomic E-state index is 10.9. The standard InChI is InChI=1S/2C11H9NO2.C10H8O/c2*1-7-5-6-8-3-2-4-9(11(13)14)10(8)12-7;11-10-7-3-5-8-4-1-2-6-9(8)10/h2*2-6H,1H3,(H,13,14);1-7,11H. The van der Waals surface area contributed by atoms with E-state index in [-0.39, 0.29) is 11.1 Å². The molecule has 4 aromatic carbocycles.